The van der Waals surface area contributed by atoms with Crippen molar-refractivity contribution in [3.63, 3.8) is 0 Å². The Bertz CT molecular complexity index is 1350. The van der Waals surface area contributed by atoms with Crippen molar-refractivity contribution in [2.24, 2.45) is 0 Å². The number of hydrogen-bond donors (Lipinski definition) is 3. The zero-order valence-electron chi connectivity index (χ0n) is 18.1. The number of benzene rings is 3. The lowest BCUT2D eigenvalue weighted by atomic mass is 10.1. The van der Waals surface area contributed by atoms with Gasteiger partial charge in [-0.3, -0.25) is 10.1 Å². The molecule has 0 radical (unpaired) electrons. The molecule has 1 fully saturated rings. The number of thiocarbonyl (C=S) groups is 1. The van der Waals surface area contributed by atoms with Crippen LogP contribution in [0.15, 0.2) is 71.6 Å². The lowest BCUT2D eigenvalue weighted by molar-refractivity contribution is -0.115. The number of rotatable bonds is 5. The number of sulfonamides is 1. The Kier molecular flexibility index (Phi) is 7.23. The van der Waals surface area contributed by atoms with Crippen LogP contribution in [-0.4, -0.2) is 55.2 Å². The number of amides is 1. The van der Waals surface area contributed by atoms with Crippen LogP contribution in [0.25, 0.3) is 16.8 Å². The van der Waals surface area contributed by atoms with E-state index in [9.17, 15) is 18.3 Å². The fourth-order valence-corrected chi connectivity index (χ4v) is 5.19. The average molecular weight is 498 g/mol. The first-order valence-electron chi connectivity index (χ1n) is 10.5. The Morgan fingerprint density at radius 2 is 1.68 bits per heavy atom. The minimum absolute atomic E-state index is 0.109. The molecule has 1 saturated heterocycles. The normalized spacial score (nSPS) is 14.8. The van der Waals surface area contributed by atoms with Crippen LogP contribution in [0.2, 0.25) is 0 Å². The van der Waals surface area contributed by atoms with Crippen LogP contribution >= 0.6 is 12.2 Å². The monoisotopic (exact) mass is 497 g/mol. The predicted octanol–water partition coefficient (Wildman–Crippen LogP) is 3.09. The van der Waals surface area contributed by atoms with Gasteiger partial charge in [0.1, 0.15) is 5.75 Å². The van der Waals surface area contributed by atoms with Crippen molar-refractivity contribution in [2.75, 3.05) is 31.6 Å². The predicted molar refractivity (Wildman–Crippen MR) is 135 cm³/mol. The van der Waals surface area contributed by atoms with Gasteiger partial charge in [0.2, 0.25) is 15.9 Å². The quantitative estimate of drug-likeness (QED) is 0.367. The van der Waals surface area contributed by atoms with Crippen LogP contribution in [0.5, 0.6) is 5.75 Å². The fourth-order valence-electron chi connectivity index (χ4n) is 3.57. The second-order valence-corrected chi connectivity index (χ2v) is 9.89. The van der Waals surface area contributed by atoms with E-state index >= 15 is 0 Å². The molecule has 0 atom stereocenters. The van der Waals surface area contributed by atoms with E-state index in [4.69, 9.17) is 17.0 Å². The van der Waals surface area contributed by atoms with Crippen LogP contribution in [0.3, 0.4) is 0 Å². The maximum atomic E-state index is 12.7. The topological polar surface area (TPSA) is 108 Å². The largest absolute Gasteiger partial charge is 0.507 e. The molecule has 0 unspecified atom stereocenters. The fraction of sp³-hybridized carbons (Fsp3) is 0.167. The van der Waals surface area contributed by atoms with Crippen LogP contribution in [0, 0.1) is 0 Å². The van der Waals surface area contributed by atoms with Gasteiger partial charge in [0.25, 0.3) is 0 Å². The second-order valence-electron chi connectivity index (χ2n) is 7.54. The Balaban J connectivity index is 1.37. The molecule has 176 valence electrons. The van der Waals surface area contributed by atoms with Crippen molar-refractivity contribution in [1.82, 2.24) is 9.62 Å². The summed E-state index contributed by atoms with van der Waals surface area (Å²) in [6.45, 7) is 1.43. The van der Waals surface area contributed by atoms with Crippen molar-refractivity contribution in [2.45, 2.75) is 4.90 Å². The summed E-state index contributed by atoms with van der Waals surface area (Å²) in [6.07, 6.45) is 2.88. The van der Waals surface area contributed by atoms with Crippen LogP contribution in [-0.2, 0) is 19.6 Å². The van der Waals surface area contributed by atoms with Crippen LogP contribution in [0.4, 0.5) is 5.69 Å². The van der Waals surface area contributed by atoms with E-state index < -0.39 is 15.9 Å². The first-order chi connectivity index (χ1) is 16.3. The van der Waals surface area contributed by atoms with Crippen molar-refractivity contribution in [3.05, 3.63) is 72.3 Å². The number of morpholine rings is 1. The smallest absolute Gasteiger partial charge is 0.250 e. The van der Waals surface area contributed by atoms with E-state index in [-0.39, 0.29) is 15.8 Å². The highest BCUT2D eigenvalue weighted by atomic mass is 32.2. The molecule has 3 N–H and O–H groups in total. The molecule has 0 aromatic heterocycles. The van der Waals surface area contributed by atoms with Gasteiger partial charge in [-0.1, -0.05) is 36.4 Å². The second kappa shape index (κ2) is 10.3. The number of carbonyl (C=O) groups excluding carboxylic acids is 1. The summed E-state index contributed by atoms with van der Waals surface area (Å²) >= 11 is 5.24. The minimum Gasteiger partial charge on any atom is -0.507 e. The molecule has 8 nitrogen and oxygen atoms in total. The van der Waals surface area contributed by atoms with Gasteiger partial charge in [0, 0.05) is 35.6 Å². The van der Waals surface area contributed by atoms with E-state index in [2.05, 4.69) is 10.6 Å². The molecule has 0 saturated carbocycles. The summed E-state index contributed by atoms with van der Waals surface area (Å²) < 4.78 is 32.0. The summed E-state index contributed by atoms with van der Waals surface area (Å²) in [5.41, 5.74) is 1.32. The number of hydrogen-bond acceptors (Lipinski definition) is 6. The Morgan fingerprint density at radius 1 is 1.00 bits per heavy atom. The highest BCUT2D eigenvalue weighted by Crippen LogP contribution is 2.29. The Hall–Kier alpha value is -3.31. The van der Waals surface area contributed by atoms with Gasteiger partial charge in [0.15, 0.2) is 5.11 Å². The first-order valence-corrected chi connectivity index (χ1v) is 12.4. The van der Waals surface area contributed by atoms with E-state index in [1.165, 1.54) is 22.5 Å². The number of fused-ring (bicyclic) bond motifs is 1. The third kappa shape index (κ3) is 5.42. The number of nitrogens with one attached hydrogen (secondary N) is 2. The zero-order valence-corrected chi connectivity index (χ0v) is 19.7. The lowest BCUT2D eigenvalue weighted by Crippen LogP contribution is -2.40. The molecule has 10 heteroatoms. The number of anilines is 1. The highest BCUT2D eigenvalue weighted by molar-refractivity contribution is 7.89. The standard InChI is InChI=1S/C24H23N3O5S2/c28-22-6-2-3-19-20(22)4-1-5-21(19)25-24(33)26-23(29)12-9-17-7-10-18(11-8-17)34(30,31)27-13-15-32-16-14-27/h1-12,28H,13-16H2,(H2,25,26,29,33). The maximum Gasteiger partial charge on any atom is 0.250 e. The summed E-state index contributed by atoms with van der Waals surface area (Å²) in [5.74, 6) is -0.284. The molecule has 0 spiro atoms. The summed E-state index contributed by atoms with van der Waals surface area (Å²) in [7, 11) is -3.57. The number of carbonyl (C=O) groups is 1. The SMILES string of the molecule is O=C(C=Cc1ccc(S(=O)(=O)N2CCOCC2)cc1)NC(=S)Nc1cccc2c(O)cccc12. The van der Waals surface area contributed by atoms with E-state index in [0.717, 1.165) is 5.39 Å². The molecule has 34 heavy (non-hydrogen) atoms. The maximum absolute atomic E-state index is 12.7. The third-order valence-electron chi connectivity index (χ3n) is 5.30. The van der Waals surface area contributed by atoms with Crippen LogP contribution in [0.1, 0.15) is 5.56 Å². The molecule has 0 bridgehead atoms. The first kappa shape index (κ1) is 23.8. The molecular formula is C24H23N3O5S2. The molecular weight excluding hydrogens is 474 g/mol. The molecule has 1 aliphatic heterocycles. The van der Waals surface area contributed by atoms with Crippen molar-refractivity contribution >= 4 is 55.8 Å². The van der Waals surface area contributed by atoms with Gasteiger partial charge < -0.3 is 15.2 Å². The van der Waals surface area contributed by atoms with Gasteiger partial charge in [0.05, 0.1) is 18.1 Å². The molecule has 1 aliphatic rings. The van der Waals surface area contributed by atoms with E-state index in [0.29, 0.717) is 42.9 Å². The number of phenols is 1. The van der Waals surface area contributed by atoms with Gasteiger partial charge in [-0.25, -0.2) is 8.42 Å². The van der Waals surface area contributed by atoms with E-state index in [1.54, 1.807) is 48.5 Å². The molecule has 3 aromatic carbocycles. The van der Waals surface area contributed by atoms with Gasteiger partial charge in [-0.2, -0.15) is 4.31 Å². The highest BCUT2D eigenvalue weighted by Gasteiger charge is 2.25. The molecule has 0 aliphatic carbocycles. The number of ether oxygens (including phenoxy) is 1. The van der Waals surface area contributed by atoms with E-state index in [1.807, 2.05) is 6.07 Å². The zero-order chi connectivity index (χ0) is 24.1. The number of aromatic hydroxyl groups is 1. The number of nitrogens with zero attached hydrogens (tertiary/aromatic N) is 1. The van der Waals surface area contributed by atoms with Gasteiger partial charge in [-0.05, 0) is 48.1 Å². The minimum atomic E-state index is -3.57. The molecule has 4 rings (SSSR count). The summed E-state index contributed by atoms with van der Waals surface area (Å²) in [5, 5.41) is 17.1. The molecule has 1 amide bonds. The van der Waals surface area contributed by atoms with Crippen molar-refractivity contribution in [1.29, 1.82) is 0 Å². The van der Waals surface area contributed by atoms with Gasteiger partial charge >= 0.3 is 0 Å². The molecule has 1 heterocycles. The van der Waals surface area contributed by atoms with Gasteiger partial charge in [-0.15, -0.1) is 0 Å². The van der Waals surface area contributed by atoms with Crippen LogP contribution < -0.4 is 10.6 Å². The Labute approximate surface area is 202 Å². The summed E-state index contributed by atoms with van der Waals surface area (Å²) in [6, 6.07) is 16.8. The lowest BCUT2D eigenvalue weighted by Gasteiger charge is -2.26. The number of phenolic OH excluding ortho intramolecular Hbond substituents is 1. The van der Waals surface area contributed by atoms with Crippen molar-refractivity contribution in [3.8, 4) is 5.75 Å². The summed E-state index contributed by atoms with van der Waals surface area (Å²) in [4.78, 5) is 12.5. The van der Waals surface area contributed by atoms with Crippen molar-refractivity contribution < 1.29 is 23.1 Å². The Morgan fingerprint density at radius 3 is 2.41 bits per heavy atom. The molecule has 3 aromatic rings. The third-order valence-corrected chi connectivity index (χ3v) is 7.42. The average Bonchev–Trinajstić information content (AvgIpc) is 2.84.